The smallest absolute Gasteiger partial charge is 0.277 e. The van der Waals surface area contributed by atoms with Crippen LogP contribution in [0.5, 0.6) is 0 Å². The van der Waals surface area contributed by atoms with Gasteiger partial charge in [-0.2, -0.15) is 15.4 Å². The fourth-order valence-corrected chi connectivity index (χ4v) is 1.59. The van der Waals surface area contributed by atoms with E-state index >= 15 is 0 Å². The molecule has 1 heterocycles. The van der Waals surface area contributed by atoms with Crippen LogP contribution >= 0.6 is 0 Å². The van der Waals surface area contributed by atoms with Crippen LogP contribution in [0.4, 0.5) is 5.69 Å². The average molecular weight is 255 g/mol. The lowest BCUT2D eigenvalue weighted by molar-refractivity contribution is 0.102. The Morgan fingerprint density at radius 2 is 2.32 bits per heavy atom. The Morgan fingerprint density at radius 3 is 3.00 bits per heavy atom. The predicted octanol–water partition coefficient (Wildman–Crippen LogP) is 0.676. The number of benzene rings is 1. The van der Waals surface area contributed by atoms with Crippen LogP contribution in [0.1, 0.15) is 21.6 Å². The number of amides is 1. The van der Waals surface area contributed by atoms with Gasteiger partial charge in [-0.1, -0.05) is 11.8 Å². The van der Waals surface area contributed by atoms with Crippen molar-refractivity contribution in [2.75, 3.05) is 11.9 Å². The number of aromatic nitrogens is 3. The molecule has 0 spiro atoms. The molecule has 0 saturated carbocycles. The molecule has 0 unspecified atom stereocenters. The lowest BCUT2D eigenvalue weighted by atomic mass is 10.1. The van der Waals surface area contributed by atoms with Crippen LogP contribution in [0, 0.1) is 18.8 Å². The fourth-order valence-electron chi connectivity index (χ4n) is 1.59. The molecule has 6 heteroatoms. The van der Waals surface area contributed by atoms with Crippen LogP contribution in [0.25, 0.3) is 0 Å². The SMILES string of the molecule is Cc1cc(C#CCN)cc(NC(=O)c2cn[nH]n2)c1. The van der Waals surface area contributed by atoms with E-state index in [4.69, 9.17) is 5.73 Å². The highest BCUT2D eigenvalue weighted by atomic mass is 16.2. The van der Waals surface area contributed by atoms with E-state index in [1.165, 1.54) is 6.20 Å². The molecule has 0 saturated heterocycles. The molecule has 0 aliphatic rings. The molecule has 0 radical (unpaired) electrons. The first-order chi connectivity index (χ1) is 9.19. The monoisotopic (exact) mass is 255 g/mol. The van der Waals surface area contributed by atoms with Gasteiger partial charge in [0.25, 0.3) is 5.91 Å². The van der Waals surface area contributed by atoms with E-state index in [0.29, 0.717) is 12.2 Å². The zero-order chi connectivity index (χ0) is 13.7. The van der Waals surface area contributed by atoms with Crippen molar-refractivity contribution in [3.63, 3.8) is 0 Å². The molecule has 6 nitrogen and oxygen atoms in total. The molecule has 0 bridgehead atoms. The normalized spacial score (nSPS) is 9.58. The summed E-state index contributed by atoms with van der Waals surface area (Å²) < 4.78 is 0. The van der Waals surface area contributed by atoms with Crippen LogP contribution in [-0.2, 0) is 0 Å². The first-order valence-electron chi connectivity index (χ1n) is 5.67. The third-order valence-corrected chi connectivity index (χ3v) is 2.32. The molecule has 96 valence electrons. The topological polar surface area (TPSA) is 96.7 Å². The molecule has 1 aromatic carbocycles. The summed E-state index contributed by atoms with van der Waals surface area (Å²) in [6.07, 6.45) is 1.36. The molecule has 0 atom stereocenters. The molecule has 4 N–H and O–H groups in total. The van der Waals surface area contributed by atoms with Gasteiger partial charge in [0.2, 0.25) is 0 Å². The molecule has 2 aromatic rings. The summed E-state index contributed by atoms with van der Waals surface area (Å²) in [5, 5.41) is 12.4. The second-order valence-electron chi connectivity index (χ2n) is 3.90. The maximum Gasteiger partial charge on any atom is 0.277 e. The Bertz CT molecular complexity index is 637. The van der Waals surface area contributed by atoms with Gasteiger partial charge in [-0.3, -0.25) is 4.79 Å². The van der Waals surface area contributed by atoms with Crippen LogP contribution in [0.3, 0.4) is 0 Å². The van der Waals surface area contributed by atoms with Crippen molar-refractivity contribution in [3.05, 3.63) is 41.2 Å². The van der Waals surface area contributed by atoms with Crippen molar-refractivity contribution < 1.29 is 4.79 Å². The van der Waals surface area contributed by atoms with E-state index in [-0.39, 0.29) is 11.6 Å². The Kier molecular flexibility index (Phi) is 3.90. The number of aryl methyl sites for hydroxylation is 1. The van der Waals surface area contributed by atoms with Crippen molar-refractivity contribution >= 4 is 11.6 Å². The molecule has 0 aliphatic carbocycles. The molecular weight excluding hydrogens is 242 g/mol. The van der Waals surface area contributed by atoms with Gasteiger partial charge < -0.3 is 11.1 Å². The highest BCUT2D eigenvalue weighted by molar-refractivity contribution is 6.02. The quantitative estimate of drug-likeness (QED) is 0.687. The summed E-state index contributed by atoms with van der Waals surface area (Å²) >= 11 is 0. The maximum atomic E-state index is 11.8. The van der Waals surface area contributed by atoms with Gasteiger partial charge in [0, 0.05) is 11.3 Å². The molecule has 0 fully saturated rings. The van der Waals surface area contributed by atoms with Crippen LogP contribution in [0.2, 0.25) is 0 Å². The van der Waals surface area contributed by atoms with Crippen LogP contribution < -0.4 is 11.1 Å². The van der Waals surface area contributed by atoms with Crippen LogP contribution in [0.15, 0.2) is 24.4 Å². The van der Waals surface area contributed by atoms with E-state index in [9.17, 15) is 4.79 Å². The summed E-state index contributed by atoms with van der Waals surface area (Å²) in [5.41, 5.74) is 8.03. The summed E-state index contributed by atoms with van der Waals surface area (Å²) in [5.74, 6) is 5.39. The van der Waals surface area contributed by atoms with Gasteiger partial charge >= 0.3 is 0 Å². The Hall–Kier alpha value is -2.65. The second kappa shape index (κ2) is 5.80. The standard InChI is InChI=1S/C13H13N5O/c1-9-5-10(3-2-4-14)7-11(6-9)16-13(19)12-8-15-18-17-12/h5-8H,4,14H2,1H3,(H,16,19)(H,15,17,18). The van der Waals surface area contributed by atoms with Gasteiger partial charge in [0.1, 0.15) is 0 Å². The molecule has 1 amide bonds. The summed E-state index contributed by atoms with van der Waals surface area (Å²) in [6.45, 7) is 2.23. The highest BCUT2D eigenvalue weighted by Gasteiger charge is 2.09. The number of nitrogens with one attached hydrogen (secondary N) is 2. The first kappa shape index (κ1) is 12.8. The van der Waals surface area contributed by atoms with Gasteiger partial charge in [0.05, 0.1) is 12.7 Å². The van der Waals surface area contributed by atoms with Gasteiger partial charge in [0.15, 0.2) is 5.69 Å². The first-order valence-corrected chi connectivity index (χ1v) is 5.67. The summed E-state index contributed by atoms with van der Waals surface area (Å²) in [6, 6.07) is 5.56. The Labute approximate surface area is 110 Å². The van der Waals surface area contributed by atoms with Crippen molar-refractivity contribution in [1.82, 2.24) is 15.4 Å². The van der Waals surface area contributed by atoms with Crippen molar-refractivity contribution in [2.45, 2.75) is 6.92 Å². The fraction of sp³-hybridized carbons (Fsp3) is 0.154. The van der Waals surface area contributed by atoms with E-state index in [1.54, 1.807) is 6.07 Å². The zero-order valence-corrected chi connectivity index (χ0v) is 10.4. The zero-order valence-electron chi connectivity index (χ0n) is 10.4. The van der Waals surface area contributed by atoms with Gasteiger partial charge in [-0.15, -0.1) is 0 Å². The minimum absolute atomic E-state index is 0.232. The minimum atomic E-state index is -0.322. The third kappa shape index (κ3) is 3.40. The molecule has 2 rings (SSSR count). The third-order valence-electron chi connectivity index (χ3n) is 2.32. The number of hydrogen-bond donors (Lipinski definition) is 3. The largest absolute Gasteiger partial charge is 0.320 e. The van der Waals surface area contributed by atoms with Crippen molar-refractivity contribution in [3.8, 4) is 11.8 Å². The average Bonchev–Trinajstić information content (AvgIpc) is 2.89. The van der Waals surface area contributed by atoms with Gasteiger partial charge in [-0.05, 0) is 30.7 Å². The number of carbonyl (C=O) groups excluding carboxylic acids is 1. The Morgan fingerprint density at radius 1 is 1.47 bits per heavy atom. The second-order valence-corrected chi connectivity index (χ2v) is 3.90. The lowest BCUT2D eigenvalue weighted by Crippen LogP contribution is -2.12. The number of H-pyrrole nitrogens is 1. The summed E-state index contributed by atoms with van der Waals surface area (Å²) in [7, 11) is 0. The number of aromatic amines is 1. The molecule has 19 heavy (non-hydrogen) atoms. The number of nitrogens with two attached hydrogens (primary N) is 1. The minimum Gasteiger partial charge on any atom is -0.320 e. The predicted molar refractivity (Wildman–Crippen MR) is 71.4 cm³/mol. The van der Waals surface area contributed by atoms with E-state index < -0.39 is 0 Å². The molecule has 0 aliphatic heterocycles. The Balaban J connectivity index is 2.20. The summed E-state index contributed by atoms with van der Waals surface area (Å²) in [4.78, 5) is 11.8. The molecule has 1 aromatic heterocycles. The number of hydrogen-bond acceptors (Lipinski definition) is 4. The lowest BCUT2D eigenvalue weighted by Gasteiger charge is -2.05. The van der Waals surface area contributed by atoms with E-state index in [1.807, 2.05) is 19.1 Å². The van der Waals surface area contributed by atoms with Gasteiger partial charge in [-0.25, -0.2) is 0 Å². The number of anilines is 1. The number of carbonyl (C=O) groups is 1. The van der Waals surface area contributed by atoms with Crippen molar-refractivity contribution in [2.24, 2.45) is 5.73 Å². The van der Waals surface area contributed by atoms with E-state index in [0.717, 1.165) is 11.1 Å². The van der Waals surface area contributed by atoms with E-state index in [2.05, 4.69) is 32.6 Å². The maximum absolute atomic E-state index is 11.8. The number of nitrogens with zero attached hydrogens (tertiary/aromatic N) is 2. The van der Waals surface area contributed by atoms with Crippen LogP contribution in [-0.4, -0.2) is 27.9 Å². The molecular formula is C13H13N5O. The van der Waals surface area contributed by atoms with Crippen molar-refractivity contribution in [1.29, 1.82) is 0 Å². The number of rotatable bonds is 2. The highest BCUT2D eigenvalue weighted by Crippen LogP contribution is 2.14.